The van der Waals surface area contributed by atoms with Crippen molar-refractivity contribution >= 4 is 11.9 Å². The number of aromatic nitrogens is 4. The third-order valence-corrected chi connectivity index (χ3v) is 6.95. The van der Waals surface area contributed by atoms with E-state index >= 15 is 0 Å². The first-order chi connectivity index (χ1) is 13.1. The molecule has 1 amide bonds. The number of ether oxygens (including phenoxy) is 1. The number of hydrogen-bond acceptors (Lipinski definition) is 6. The summed E-state index contributed by atoms with van der Waals surface area (Å²) in [7, 11) is 0. The van der Waals surface area contributed by atoms with Crippen LogP contribution in [0.1, 0.15) is 69.7 Å². The Kier molecular flexibility index (Phi) is 4.16. The van der Waals surface area contributed by atoms with E-state index in [1.807, 2.05) is 0 Å². The molecule has 6 rings (SSSR count). The number of nitrogens with zero attached hydrogens (tertiary/aromatic N) is 4. The molecule has 0 saturated heterocycles. The molecule has 5 saturated carbocycles. The van der Waals surface area contributed by atoms with E-state index in [0.29, 0.717) is 18.3 Å². The van der Waals surface area contributed by atoms with Crippen molar-refractivity contribution in [3.63, 3.8) is 0 Å². The Morgan fingerprint density at radius 3 is 2.41 bits per heavy atom. The van der Waals surface area contributed by atoms with Gasteiger partial charge in [0.15, 0.2) is 12.4 Å². The third-order valence-electron chi connectivity index (χ3n) is 6.95. The first-order valence-electron chi connectivity index (χ1n) is 10.3. The molecule has 0 aromatic carbocycles. The van der Waals surface area contributed by atoms with Gasteiger partial charge in [-0.3, -0.25) is 9.59 Å². The predicted octanol–water partition coefficient (Wildman–Crippen LogP) is 1.77. The van der Waals surface area contributed by atoms with Gasteiger partial charge in [0.25, 0.3) is 0 Å². The molecular formula is C19H27N5O3. The van der Waals surface area contributed by atoms with Crippen LogP contribution in [-0.2, 0) is 20.9 Å². The maximum atomic E-state index is 12.5. The van der Waals surface area contributed by atoms with E-state index in [4.69, 9.17) is 4.74 Å². The van der Waals surface area contributed by atoms with E-state index < -0.39 is 5.97 Å². The van der Waals surface area contributed by atoms with Crippen LogP contribution in [0.3, 0.4) is 0 Å². The summed E-state index contributed by atoms with van der Waals surface area (Å²) >= 11 is 0. The Morgan fingerprint density at radius 2 is 1.78 bits per heavy atom. The molecule has 1 aromatic heterocycles. The average Bonchev–Trinajstić information content (AvgIpc) is 3.34. The lowest BCUT2D eigenvalue weighted by Crippen LogP contribution is -2.48. The van der Waals surface area contributed by atoms with Crippen LogP contribution in [0.4, 0.5) is 0 Å². The second-order valence-electron chi connectivity index (χ2n) is 9.30. The number of esters is 1. The van der Waals surface area contributed by atoms with Gasteiger partial charge in [0.2, 0.25) is 5.91 Å². The summed E-state index contributed by atoms with van der Waals surface area (Å²) in [5.74, 6) is 2.57. The number of hydrogen-bond donors (Lipinski definition) is 1. The number of tetrazole rings is 1. The Bertz CT molecular complexity index is 706. The molecular weight excluding hydrogens is 346 g/mol. The molecule has 1 N–H and O–H groups in total. The van der Waals surface area contributed by atoms with Crippen molar-refractivity contribution in [2.24, 2.45) is 23.2 Å². The van der Waals surface area contributed by atoms with E-state index in [2.05, 4.69) is 20.8 Å². The molecule has 5 aliphatic rings. The molecule has 8 heteroatoms. The predicted molar refractivity (Wildman–Crippen MR) is 94.1 cm³/mol. The van der Waals surface area contributed by atoms with E-state index in [-0.39, 0.29) is 24.5 Å². The molecule has 8 nitrogen and oxygen atoms in total. The van der Waals surface area contributed by atoms with Crippen LogP contribution < -0.4 is 5.32 Å². The minimum atomic E-state index is -0.445. The normalized spacial score (nSPS) is 33.9. The van der Waals surface area contributed by atoms with Gasteiger partial charge in [-0.15, -0.1) is 5.10 Å². The molecule has 146 valence electrons. The highest BCUT2D eigenvalue weighted by molar-refractivity contribution is 5.82. The molecule has 4 bridgehead atoms. The fourth-order valence-corrected chi connectivity index (χ4v) is 6.19. The van der Waals surface area contributed by atoms with Crippen LogP contribution in [0.25, 0.3) is 0 Å². The van der Waals surface area contributed by atoms with Gasteiger partial charge in [0.05, 0.1) is 6.04 Å². The fourth-order valence-electron chi connectivity index (χ4n) is 6.19. The summed E-state index contributed by atoms with van der Waals surface area (Å²) in [6.07, 6.45) is 10.4. The lowest BCUT2D eigenvalue weighted by Gasteiger charge is -2.56. The Balaban J connectivity index is 1.08. The zero-order chi connectivity index (χ0) is 18.4. The highest BCUT2D eigenvalue weighted by Crippen LogP contribution is 2.61. The third kappa shape index (κ3) is 3.58. The standard InChI is InChI=1S/C19H27N5O3/c25-17(9-19-6-12-3-13(7-19)5-14(4-12)8-19)20-10-18(26)27-11-16-21-22-23-24(16)15-1-2-15/h12-15H,1-11H2,(H,20,25). The molecule has 5 aliphatic carbocycles. The molecule has 1 heterocycles. The van der Waals surface area contributed by atoms with Crippen LogP contribution >= 0.6 is 0 Å². The maximum Gasteiger partial charge on any atom is 0.325 e. The minimum Gasteiger partial charge on any atom is -0.456 e. The number of carbonyl (C=O) groups excluding carboxylic acids is 2. The van der Waals surface area contributed by atoms with Gasteiger partial charge in [0, 0.05) is 6.42 Å². The Morgan fingerprint density at radius 1 is 1.11 bits per heavy atom. The Labute approximate surface area is 158 Å². The topological polar surface area (TPSA) is 99.0 Å². The summed E-state index contributed by atoms with van der Waals surface area (Å²) in [6, 6.07) is 0.341. The van der Waals surface area contributed by atoms with Gasteiger partial charge >= 0.3 is 5.97 Å². The lowest BCUT2D eigenvalue weighted by atomic mass is 9.49. The zero-order valence-electron chi connectivity index (χ0n) is 15.6. The van der Waals surface area contributed by atoms with Crippen LogP contribution in [0.2, 0.25) is 0 Å². The van der Waals surface area contributed by atoms with Gasteiger partial charge in [-0.1, -0.05) is 0 Å². The summed E-state index contributed by atoms with van der Waals surface area (Å²) in [4.78, 5) is 24.4. The fraction of sp³-hybridized carbons (Fsp3) is 0.842. The van der Waals surface area contributed by atoms with E-state index in [1.54, 1.807) is 4.68 Å². The molecule has 27 heavy (non-hydrogen) atoms. The number of carbonyl (C=O) groups is 2. The molecule has 0 atom stereocenters. The van der Waals surface area contributed by atoms with Gasteiger partial charge < -0.3 is 10.1 Å². The van der Waals surface area contributed by atoms with Gasteiger partial charge in [0.1, 0.15) is 6.54 Å². The first-order valence-corrected chi connectivity index (χ1v) is 10.3. The highest BCUT2D eigenvalue weighted by Gasteiger charge is 2.51. The van der Waals surface area contributed by atoms with Crippen LogP contribution in [-0.4, -0.2) is 38.6 Å². The van der Waals surface area contributed by atoms with E-state index in [9.17, 15) is 9.59 Å². The van der Waals surface area contributed by atoms with Crippen molar-refractivity contribution in [1.82, 2.24) is 25.5 Å². The number of amides is 1. The van der Waals surface area contributed by atoms with Crippen LogP contribution in [0.5, 0.6) is 0 Å². The average molecular weight is 373 g/mol. The second-order valence-corrected chi connectivity index (χ2v) is 9.30. The van der Waals surface area contributed by atoms with Crippen molar-refractivity contribution in [2.75, 3.05) is 6.54 Å². The van der Waals surface area contributed by atoms with E-state index in [1.165, 1.54) is 38.5 Å². The smallest absolute Gasteiger partial charge is 0.325 e. The second kappa shape index (κ2) is 6.56. The summed E-state index contributed by atoms with van der Waals surface area (Å²) in [5.41, 5.74) is 0.190. The summed E-state index contributed by atoms with van der Waals surface area (Å²) in [6.45, 7) is -0.0383. The van der Waals surface area contributed by atoms with Crippen LogP contribution in [0.15, 0.2) is 0 Å². The maximum absolute atomic E-state index is 12.5. The van der Waals surface area contributed by atoms with Crippen molar-refractivity contribution < 1.29 is 14.3 Å². The zero-order valence-corrected chi connectivity index (χ0v) is 15.6. The van der Waals surface area contributed by atoms with Gasteiger partial charge in [-0.25, -0.2) is 4.68 Å². The molecule has 0 aliphatic heterocycles. The van der Waals surface area contributed by atoms with Crippen molar-refractivity contribution in [3.8, 4) is 0 Å². The molecule has 0 unspecified atom stereocenters. The van der Waals surface area contributed by atoms with Crippen molar-refractivity contribution in [3.05, 3.63) is 5.82 Å². The largest absolute Gasteiger partial charge is 0.456 e. The molecule has 0 radical (unpaired) electrons. The number of rotatable bonds is 7. The monoisotopic (exact) mass is 373 g/mol. The highest BCUT2D eigenvalue weighted by atomic mass is 16.5. The summed E-state index contributed by atoms with van der Waals surface area (Å²) in [5, 5.41) is 14.2. The first kappa shape index (κ1) is 17.1. The molecule has 5 fully saturated rings. The molecule has 0 spiro atoms. The van der Waals surface area contributed by atoms with Crippen molar-refractivity contribution in [2.45, 2.75) is 70.4 Å². The minimum absolute atomic E-state index is 0.0169. The number of nitrogens with one attached hydrogen (secondary N) is 1. The lowest BCUT2D eigenvalue weighted by molar-refractivity contribution is -0.146. The Hall–Kier alpha value is -1.99. The van der Waals surface area contributed by atoms with E-state index in [0.717, 1.165) is 30.6 Å². The van der Waals surface area contributed by atoms with Crippen LogP contribution in [0, 0.1) is 23.2 Å². The SMILES string of the molecule is O=C(CC12CC3CC(CC(C3)C1)C2)NCC(=O)OCc1nnnn1C1CC1. The van der Waals surface area contributed by atoms with Gasteiger partial charge in [-0.2, -0.15) is 0 Å². The molecule has 1 aromatic rings. The summed E-state index contributed by atoms with van der Waals surface area (Å²) < 4.78 is 6.95. The van der Waals surface area contributed by atoms with Gasteiger partial charge in [-0.05, 0) is 85.0 Å². The quantitative estimate of drug-likeness (QED) is 0.732. The van der Waals surface area contributed by atoms with Crippen molar-refractivity contribution in [1.29, 1.82) is 0 Å².